The average molecular weight is 502 g/mol. The molecule has 1 nitrogen and oxygen atoms in total. The number of ether oxygens (including phenoxy) is 1. The normalized spacial score (nSPS) is 13.5. The number of rotatable bonds is 4. The summed E-state index contributed by atoms with van der Waals surface area (Å²) >= 11 is 0. The van der Waals surface area contributed by atoms with Crippen molar-refractivity contribution >= 4 is 5.57 Å². The zero-order valence-corrected chi connectivity index (χ0v) is 17.9. The van der Waals surface area contributed by atoms with Gasteiger partial charge in [-0.15, -0.1) is 13.2 Å². The summed E-state index contributed by atoms with van der Waals surface area (Å²) in [5, 5.41) is 0. The molecule has 0 atom stereocenters. The highest BCUT2D eigenvalue weighted by Crippen LogP contribution is 2.39. The minimum atomic E-state index is -5.38. The molecule has 10 heteroatoms. The van der Waals surface area contributed by atoms with Gasteiger partial charge in [0.05, 0.1) is 5.56 Å². The summed E-state index contributed by atoms with van der Waals surface area (Å²) in [6.07, 6.45) is -4.05. The van der Waals surface area contributed by atoms with Crippen LogP contribution in [0.25, 0.3) is 16.7 Å². The van der Waals surface area contributed by atoms with E-state index in [0.717, 1.165) is 6.07 Å². The third kappa shape index (κ3) is 4.74. The lowest BCUT2D eigenvalue weighted by Crippen LogP contribution is -2.19. The maximum atomic E-state index is 15.2. The van der Waals surface area contributed by atoms with Gasteiger partial charge < -0.3 is 4.74 Å². The van der Waals surface area contributed by atoms with Gasteiger partial charge in [0, 0.05) is 5.56 Å². The molecule has 0 amide bonds. The summed E-state index contributed by atoms with van der Waals surface area (Å²) in [4.78, 5) is 0. The van der Waals surface area contributed by atoms with Crippen molar-refractivity contribution in [2.75, 3.05) is 0 Å². The molecule has 4 rings (SSSR count). The lowest BCUT2D eigenvalue weighted by atomic mass is 9.85. The van der Waals surface area contributed by atoms with Crippen LogP contribution in [0.15, 0.2) is 36.4 Å². The maximum Gasteiger partial charge on any atom is 0.573 e. The number of halogens is 9. The first-order chi connectivity index (χ1) is 16.4. The monoisotopic (exact) mass is 502 g/mol. The highest BCUT2D eigenvalue weighted by atomic mass is 19.4. The largest absolute Gasteiger partial charge is 0.573 e. The standard InChI is InChI=1S/C25H15F9O/c1-2-11-5-16(26)21(17(27)6-11)12-3-4-15-13(7-12)8-18(28)22(23(15)31)14-9-19(29)24(20(30)10-14)35-25(32,33)34/h3,5-6,8-10H,2,4,7H2,1H3. The molecule has 0 saturated heterocycles. The molecule has 1 aliphatic carbocycles. The first kappa shape index (κ1) is 24.7. The van der Waals surface area contributed by atoms with Crippen LogP contribution in [0.3, 0.4) is 0 Å². The zero-order valence-electron chi connectivity index (χ0n) is 17.9. The summed E-state index contributed by atoms with van der Waals surface area (Å²) in [5.41, 5.74) is -1.26. The van der Waals surface area contributed by atoms with Crippen LogP contribution in [0, 0.1) is 34.9 Å². The average Bonchev–Trinajstić information content (AvgIpc) is 2.75. The molecule has 3 aromatic carbocycles. The summed E-state index contributed by atoms with van der Waals surface area (Å²) in [6, 6.07) is 3.86. The predicted molar refractivity (Wildman–Crippen MR) is 110 cm³/mol. The van der Waals surface area contributed by atoms with Crippen molar-refractivity contribution in [3.8, 4) is 16.9 Å². The van der Waals surface area contributed by atoms with Crippen LogP contribution in [0.5, 0.6) is 5.75 Å². The Morgan fingerprint density at radius 3 is 1.89 bits per heavy atom. The van der Waals surface area contributed by atoms with E-state index in [-0.39, 0.29) is 35.1 Å². The van der Waals surface area contributed by atoms with Crippen molar-refractivity contribution in [3.05, 3.63) is 93.6 Å². The van der Waals surface area contributed by atoms with Gasteiger partial charge in [0.15, 0.2) is 11.6 Å². The number of fused-ring (bicyclic) bond motifs is 1. The number of aryl methyl sites for hydroxylation is 1. The van der Waals surface area contributed by atoms with E-state index in [0.29, 0.717) is 24.1 Å². The molecule has 1 aliphatic rings. The molecule has 0 bridgehead atoms. The van der Waals surface area contributed by atoms with Gasteiger partial charge in [-0.05, 0) is 77.4 Å². The fourth-order valence-electron chi connectivity index (χ4n) is 4.10. The number of benzene rings is 3. The van der Waals surface area contributed by atoms with Crippen molar-refractivity contribution in [2.24, 2.45) is 0 Å². The van der Waals surface area contributed by atoms with Crippen molar-refractivity contribution in [1.82, 2.24) is 0 Å². The van der Waals surface area contributed by atoms with Gasteiger partial charge in [0.25, 0.3) is 0 Å². The highest BCUT2D eigenvalue weighted by molar-refractivity contribution is 5.74. The molecule has 0 saturated carbocycles. The van der Waals surface area contributed by atoms with Crippen LogP contribution in [-0.4, -0.2) is 6.36 Å². The Hall–Kier alpha value is -3.43. The second-order valence-corrected chi connectivity index (χ2v) is 7.90. The van der Waals surface area contributed by atoms with Crippen molar-refractivity contribution < 1.29 is 44.3 Å². The van der Waals surface area contributed by atoms with Gasteiger partial charge >= 0.3 is 6.36 Å². The van der Waals surface area contributed by atoms with Gasteiger partial charge in [-0.1, -0.05) is 13.0 Å². The molecule has 0 unspecified atom stereocenters. The molecule has 0 N–H and O–H groups in total. The number of hydrogen-bond donors (Lipinski definition) is 0. The van der Waals surface area contributed by atoms with Gasteiger partial charge in [-0.25, -0.2) is 26.3 Å². The van der Waals surface area contributed by atoms with E-state index in [9.17, 15) is 35.1 Å². The van der Waals surface area contributed by atoms with E-state index >= 15 is 4.39 Å². The Morgan fingerprint density at radius 1 is 0.771 bits per heavy atom. The van der Waals surface area contributed by atoms with Crippen LogP contribution >= 0.6 is 0 Å². The molecular formula is C25H15F9O. The van der Waals surface area contributed by atoms with E-state index in [1.54, 1.807) is 6.92 Å². The summed E-state index contributed by atoms with van der Waals surface area (Å²) < 4.78 is 128. The van der Waals surface area contributed by atoms with Crippen molar-refractivity contribution in [3.63, 3.8) is 0 Å². The number of hydrogen-bond acceptors (Lipinski definition) is 1. The van der Waals surface area contributed by atoms with Crippen molar-refractivity contribution in [2.45, 2.75) is 32.5 Å². The van der Waals surface area contributed by atoms with E-state index in [1.165, 1.54) is 18.2 Å². The zero-order chi connectivity index (χ0) is 25.7. The molecule has 0 fully saturated rings. The predicted octanol–water partition coefficient (Wildman–Crippen LogP) is 7.83. The summed E-state index contributed by atoms with van der Waals surface area (Å²) in [7, 11) is 0. The molecule has 0 spiro atoms. The van der Waals surface area contributed by atoms with E-state index in [1.807, 2.05) is 0 Å². The van der Waals surface area contributed by atoms with Crippen LogP contribution in [-0.2, 0) is 19.3 Å². The van der Waals surface area contributed by atoms with Crippen molar-refractivity contribution in [1.29, 1.82) is 0 Å². The topological polar surface area (TPSA) is 9.23 Å². The lowest BCUT2D eigenvalue weighted by Gasteiger charge is -2.21. The van der Waals surface area contributed by atoms with Gasteiger partial charge in [-0.2, -0.15) is 0 Å². The molecule has 0 aliphatic heterocycles. The van der Waals surface area contributed by atoms with E-state index in [4.69, 9.17) is 0 Å². The molecule has 3 aromatic rings. The van der Waals surface area contributed by atoms with Gasteiger partial charge in [0.2, 0.25) is 5.75 Å². The quantitative estimate of drug-likeness (QED) is 0.331. The Labute approximate surface area is 193 Å². The lowest BCUT2D eigenvalue weighted by molar-refractivity contribution is -0.276. The van der Waals surface area contributed by atoms with Gasteiger partial charge in [0.1, 0.15) is 23.3 Å². The first-order valence-corrected chi connectivity index (χ1v) is 10.3. The van der Waals surface area contributed by atoms with Crippen LogP contribution in [0.1, 0.15) is 29.2 Å². The fraction of sp³-hybridized carbons (Fsp3) is 0.200. The minimum Gasteiger partial charge on any atom is -0.399 e. The Kier molecular flexibility index (Phi) is 6.33. The minimum absolute atomic E-state index is 0.0672. The molecule has 0 heterocycles. The Bertz CT molecular complexity index is 1310. The van der Waals surface area contributed by atoms with E-state index in [2.05, 4.69) is 4.74 Å². The second kappa shape index (κ2) is 8.98. The SMILES string of the molecule is CCc1cc(F)c(C2=CCc3c(cc(F)c(-c4cc(F)c(OC(F)(F)F)c(F)c4)c3F)C2)c(F)c1. The molecular weight excluding hydrogens is 487 g/mol. The first-order valence-electron chi connectivity index (χ1n) is 10.3. The van der Waals surface area contributed by atoms with E-state index < -0.39 is 58.1 Å². The fourth-order valence-corrected chi connectivity index (χ4v) is 4.10. The number of allylic oxidation sites excluding steroid dienone is 2. The van der Waals surface area contributed by atoms with Crippen LogP contribution in [0.2, 0.25) is 0 Å². The summed E-state index contributed by atoms with van der Waals surface area (Å²) in [5.74, 6) is -9.46. The Morgan fingerprint density at radius 2 is 1.34 bits per heavy atom. The molecule has 0 aromatic heterocycles. The smallest absolute Gasteiger partial charge is 0.399 e. The number of alkyl halides is 3. The van der Waals surface area contributed by atoms with Crippen LogP contribution < -0.4 is 4.74 Å². The Balaban J connectivity index is 1.74. The van der Waals surface area contributed by atoms with Crippen LogP contribution in [0.4, 0.5) is 39.5 Å². The second-order valence-electron chi connectivity index (χ2n) is 7.90. The maximum absolute atomic E-state index is 15.2. The third-order valence-corrected chi connectivity index (χ3v) is 5.68. The molecule has 0 radical (unpaired) electrons. The summed E-state index contributed by atoms with van der Waals surface area (Å²) in [6.45, 7) is 1.72. The molecule has 184 valence electrons. The molecule has 35 heavy (non-hydrogen) atoms. The third-order valence-electron chi connectivity index (χ3n) is 5.68. The van der Waals surface area contributed by atoms with Gasteiger partial charge in [-0.3, -0.25) is 0 Å². The highest BCUT2D eigenvalue weighted by Gasteiger charge is 2.34.